The third-order valence-corrected chi connectivity index (χ3v) is 9.23. The fraction of sp³-hybridized carbons (Fsp3) is 1.00. The molecule has 0 saturated carbocycles. The summed E-state index contributed by atoms with van der Waals surface area (Å²) in [6.45, 7) is 7.39. The van der Waals surface area contributed by atoms with Gasteiger partial charge in [-0.25, -0.2) is 0 Å². The average molecular weight is 552 g/mol. The van der Waals surface area contributed by atoms with E-state index in [-0.39, 0.29) is 1.43 Å². The van der Waals surface area contributed by atoms with E-state index in [1.165, 1.54) is 223 Å². The number of hydrogen-bond donors (Lipinski definition) is 0. The molecular weight excluding hydrogens is 470 g/mol. The van der Waals surface area contributed by atoms with E-state index in [1.54, 1.807) is 0 Å². The van der Waals surface area contributed by atoms with Crippen LogP contribution in [0.3, 0.4) is 0 Å². The molecule has 0 heterocycles. The van der Waals surface area contributed by atoms with Gasteiger partial charge in [-0.05, 0) is 25.7 Å². The summed E-state index contributed by atoms with van der Waals surface area (Å²) < 4.78 is 1.25. The maximum Gasteiger partial charge on any atom is 1.00 e. The number of hydrogen-bond acceptors (Lipinski definition) is 0. The molecule has 0 aromatic heterocycles. The first kappa shape index (κ1) is 39.0. The van der Waals surface area contributed by atoms with Gasteiger partial charge in [-0.15, -0.1) is 0 Å². The quantitative estimate of drug-likeness (QED) is 0.0551. The zero-order chi connectivity index (χ0) is 28.5. The molecule has 0 aliphatic heterocycles. The lowest BCUT2D eigenvalue weighted by Gasteiger charge is -2.30. The second-order valence-corrected chi connectivity index (χ2v) is 14.0. The van der Waals surface area contributed by atoms with Crippen LogP contribution in [0, 0.1) is 0 Å². The third kappa shape index (κ3) is 34.1. The Hall–Kier alpha value is -0.0400. The Morgan fingerprint density at radius 3 is 0.590 bits per heavy atom. The maximum absolute atomic E-state index is 2.47. The highest BCUT2D eigenvalue weighted by atomic mass is 15.3. The highest BCUT2D eigenvalue weighted by Gasteiger charge is 2.13. The Labute approximate surface area is 252 Å². The van der Waals surface area contributed by atoms with Crippen LogP contribution >= 0.6 is 0 Å². The lowest BCUT2D eigenvalue weighted by atomic mass is 10.0. The second-order valence-electron chi connectivity index (χ2n) is 14.0. The van der Waals surface area contributed by atoms with Gasteiger partial charge >= 0.3 is 1.43 Å². The van der Waals surface area contributed by atoms with Crippen molar-refractivity contribution in [2.45, 2.75) is 219 Å². The molecule has 0 unspecified atom stereocenters. The van der Waals surface area contributed by atoms with E-state index in [4.69, 9.17) is 0 Å². The van der Waals surface area contributed by atoms with Crippen molar-refractivity contribution in [1.82, 2.24) is 0 Å². The van der Waals surface area contributed by atoms with Crippen molar-refractivity contribution in [3.8, 4) is 0 Å². The van der Waals surface area contributed by atoms with Crippen molar-refractivity contribution in [2.24, 2.45) is 0 Å². The summed E-state index contributed by atoms with van der Waals surface area (Å²) in [5.41, 5.74) is 0. The zero-order valence-electron chi connectivity index (χ0n) is 29.5. The van der Waals surface area contributed by atoms with Crippen LogP contribution in [0.2, 0.25) is 0 Å². The van der Waals surface area contributed by atoms with E-state index in [1.807, 2.05) is 0 Å². The number of unbranched alkanes of at least 4 members (excludes halogenated alkanes) is 30. The van der Waals surface area contributed by atoms with Crippen molar-refractivity contribution in [3.63, 3.8) is 0 Å². The summed E-state index contributed by atoms with van der Waals surface area (Å²) in [4.78, 5) is 0. The Balaban J connectivity index is 0. The molecule has 0 spiro atoms. The summed E-state index contributed by atoms with van der Waals surface area (Å²) in [5, 5.41) is 0. The van der Waals surface area contributed by atoms with Crippen LogP contribution in [0.4, 0.5) is 0 Å². The van der Waals surface area contributed by atoms with E-state index >= 15 is 0 Å². The van der Waals surface area contributed by atoms with Crippen molar-refractivity contribution >= 4 is 0 Å². The standard InChI is InChI=1S/C38H80N/c1-5-7-9-11-13-15-17-19-21-23-25-27-29-31-33-35-37-39(3,4)38-36-34-32-30-28-26-24-22-20-18-16-14-12-10-8-6-2/h5-38H2,1-4H3/q+1/p+1. The molecule has 0 aromatic carbocycles. The molecule has 0 N–H and O–H groups in total. The molecule has 0 atom stereocenters. The van der Waals surface area contributed by atoms with Gasteiger partial charge in [-0.2, -0.15) is 0 Å². The number of rotatable bonds is 34. The molecule has 236 valence electrons. The molecule has 0 bridgehead atoms. The first-order valence-electron chi connectivity index (χ1n) is 18.9. The van der Waals surface area contributed by atoms with Gasteiger partial charge in [0.25, 0.3) is 0 Å². The fourth-order valence-corrected chi connectivity index (χ4v) is 6.29. The molecule has 0 amide bonds. The fourth-order valence-electron chi connectivity index (χ4n) is 6.29. The smallest absolute Gasteiger partial charge is 0.328 e. The van der Waals surface area contributed by atoms with Gasteiger partial charge in [0, 0.05) is 0 Å². The minimum absolute atomic E-state index is 0. The van der Waals surface area contributed by atoms with E-state index in [2.05, 4.69) is 27.9 Å². The van der Waals surface area contributed by atoms with E-state index in [0.29, 0.717) is 0 Å². The molecule has 0 aromatic rings. The minimum atomic E-state index is 0. The van der Waals surface area contributed by atoms with E-state index in [9.17, 15) is 0 Å². The van der Waals surface area contributed by atoms with Crippen LogP contribution in [0.25, 0.3) is 0 Å². The molecule has 0 saturated heterocycles. The average Bonchev–Trinajstić information content (AvgIpc) is 2.92. The van der Waals surface area contributed by atoms with Gasteiger partial charge in [0.2, 0.25) is 0 Å². The van der Waals surface area contributed by atoms with Gasteiger partial charge in [0.1, 0.15) is 0 Å². The predicted molar refractivity (Wildman–Crippen MR) is 182 cm³/mol. The summed E-state index contributed by atoms with van der Waals surface area (Å²) in [6.07, 6.45) is 46.9. The Bertz CT molecular complexity index is 397. The Morgan fingerprint density at radius 2 is 0.410 bits per heavy atom. The van der Waals surface area contributed by atoms with Gasteiger partial charge < -0.3 is 4.48 Å². The topological polar surface area (TPSA) is 0 Å². The zero-order valence-corrected chi connectivity index (χ0v) is 28.5. The normalized spacial score (nSPS) is 12.0. The highest BCUT2D eigenvalue weighted by molar-refractivity contribution is 4.52. The summed E-state index contributed by atoms with van der Waals surface area (Å²) in [5.74, 6) is 0. The van der Waals surface area contributed by atoms with Crippen LogP contribution in [0.15, 0.2) is 0 Å². The van der Waals surface area contributed by atoms with Crippen molar-refractivity contribution in [2.75, 3.05) is 27.2 Å². The van der Waals surface area contributed by atoms with Crippen LogP contribution < -0.4 is 0 Å². The van der Waals surface area contributed by atoms with Gasteiger partial charge in [0.15, 0.2) is 0 Å². The van der Waals surface area contributed by atoms with E-state index in [0.717, 1.165) is 0 Å². The summed E-state index contributed by atoms with van der Waals surface area (Å²) >= 11 is 0. The molecule has 0 fully saturated rings. The van der Waals surface area contributed by atoms with Crippen LogP contribution in [-0.4, -0.2) is 31.7 Å². The monoisotopic (exact) mass is 552 g/mol. The number of quaternary nitrogens is 1. The van der Waals surface area contributed by atoms with Crippen molar-refractivity contribution < 1.29 is 5.91 Å². The first-order chi connectivity index (χ1) is 19.1. The van der Waals surface area contributed by atoms with Gasteiger partial charge in [-0.3, -0.25) is 0 Å². The maximum atomic E-state index is 2.47. The lowest BCUT2D eigenvalue weighted by molar-refractivity contribution is -0.890. The van der Waals surface area contributed by atoms with Crippen LogP contribution in [-0.2, 0) is 0 Å². The molecule has 1 heteroatoms. The molecule has 0 aliphatic carbocycles. The van der Waals surface area contributed by atoms with Crippen molar-refractivity contribution in [3.05, 3.63) is 0 Å². The van der Waals surface area contributed by atoms with Crippen LogP contribution in [0.1, 0.15) is 221 Å². The number of nitrogens with zero attached hydrogens (tertiary/aromatic N) is 1. The summed E-state index contributed by atoms with van der Waals surface area (Å²) in [6, 6.07) is 0. The Kier molecular flexibility index (Phi) is 32.4. The Morgan fingerprint density at radius 1 is 0.256 bits per heavy atom. The largest absolute Gasteiger partial charge is 1.00 e. The minimum Gasteiger partial charge on any atom is -0.328 e. The molecule has 0 aliphatic rings. The molecule has 0 radical (unpaired) electrons. The predicted octanol–water partition coefficient (Wildman–Crippen LogP) is 13.7. The van der Waals surface area contributed by atoms with Gasteiger partial charge in [0.05, 0.1) is 27.2 Å². The lowest BCUT2D eigenvalue weighted by Crippen LogP contribution is -2.41. The highest BCUT2D eigenvalue weighted by Crippen LogP contribution is 2.16. The molecular formula is C38H81N+2. The third-order valence-electron chi connectivity index (χ3n) is 9.23. The SMILES string of the molecule is CCCCCCCCCCCCCCCCCC[N+](C)(C)CCCCCCCCCCCCCCCCCC.[H+]. The first-order valence-corrected chi connectivity index (χ1v) is 18.9. The molecule has 0 rings (SSSR count). The van der Waals surface area contributed by atoms with Gasteiger partial charge in [-0.1, -0.05) is 194 Å². The molecule has 39 heavy (non-hydrogen) atoms. The summed E-state index contributed by atoms with van der Waals surface area (Å²) in [7, 11) is 4.94. The molecule has 1 nitrogen and oxygen atoms in total. The van der Waals surface area contributed by atoms with Crippen LogP contribution in [0.5, 0.6) is 0 Å². The second kappa shape index (κ2) is 32.5. The van der Waals surface area contributed by atoms with Crippen molar-refractivity contribution in [1.29, 1.82) is 0 Å². The van der Waals surface area contributed by atoms with E-state index < -0.39 is 0 Å².